The van der Waals surface area contributed by atoms with Crippen molar-refractivity contribution in [2.24, 2.45) is 0 Å². The van der Waals surface area contributed by atoms with Crippen LogP contribution >= 0.6 is 0 Å². The summed E-state index contributed by atoms with van der Waals surface area (Å²) < 4.78 is 2.05. The average Bonchev–Trinajstić information content (AvgIpc) is 2.88. The molecule has 4 nitrogen and oxygen atoms in total. The predicted octanol–water partition coefficient (Wildman–Crippen LogP) is 1.46. The second-order valence-electron chi connectivity index (χ2n) is 4.05. The van der Waals surface area contributed by atoms with E-state index in [1.807, 2.05) is 13.1 Å². The molecule has 1 unspecified atom stereocenters. The first-order valence-corrected chi connectivity index (χ1v) is 5.40. The van der Waals surface area contributed by atoms with Crippen molar-refractivity contribution in [3.05, 3.63) is 29.7 Å². The zero-order valence-electron chi connectivity index (χ0n) is 8.77. The second kappa shape index (κ2) is 3.31. The van der Waals surface area contributed by atoms with Crippen LogP contribution in [0.1, 0.15) is 30.3 Å². The van der Waals surface area contributed by atoms with Gasteiger partial charge < -0.3 is 5.32 Å². The van der Waals surface area contributed by atoms with Gasteiger partial charge in [-0.3, -0.25) is 4.40 Å². The van der Waals surface area contributed by atoms with E-state index in [4.69, 9.17) is 0 Å². The summed E-state index contributed by atoms with van der Waals surface area (Å²) in [6.07, 6.45) is 4.47. The van der Waals surface area contributed by atoms with Crippen LogP contribution in [-0.2, 0) is 0 Å². The summed E-state index contributed by atoms with van der Waals surface area (Å²) in [5, 5.41) is 11.8. The first-order chi connectivity index (χ1) is 7.36. The molecule has 0 aromatic carbocycles. The smallest absolute Gasteiger partial charge is 0.165 e. The monoisotopic (exact) mass is 202 g/mol. The van der Waals surface area contributed by atoms with Crippen LogP contribution in [0.2, 0.25) is 0 Å². The number of hydrogen-bond donors (Lipinski definition) is 1. The minimum atomic E-state index is 0.456. The van der Waals surface area contributed by atoms with E-state index >= 15 is 0 Å². The Morgan fingerprint density at radius 2 is 2.40 bits per heavy atom. The average molecular weight is 202 g/mol. The first-order valence-electron chi connectivity index (χ1n) is 5.40. The number of fused-ring (bicyclic) bond motifs is 1. The topological polar surface area (TPSA) is 42.2 Å². The largest absolute Gasteiger partial charge is 0.310 e. The van der Waals surface area contributed by atoms with Gasteiger partial charge in [0, 0.05) is 17.8 Å². The van der Waals surface area contributed by atoms with Crippen LogP contribution in [0.4, 0.5) is 0 Å². The fraction of sp³-hybridized carbons (Fsp3) is 0.455. The molecular formula is C11H14N4. The van der Waals surface area contributed by atoms with Gasteiger partial charge in [-0.1, -0.05) is 6.07 Å². The van der Waals surface area contributed by atoms with Crippen LogP contribution in [0.15, 0.2) is 18.3 Å². The molecule has 2 aromatic heterocycles. The molecule has 1 N–H and O–H groups in total. The summed E-state index contributed by atoms with van der Waals surface area (Å²) in [5.74, 6) is 0.949. The van der Waals surface area contributed by atoms with Crippen LogP contribution in [0, 0.1) is 6.92 Å². The molecular weight excluding hydrogens is 188 g/mol. The second-order valence-corrected chi connectivity index (χ2v) is 4.05. The van der Waals surface area contributed by atoms with Crippen LogP contribution in [0.5, 0.6) is 0 Å². The highest BCUT2D eigenvalue weighted by Crippen LogP contribution is 2.25. The summed E-state index contributed by atoms with van der Waals surface area (Å²) in [6, 6.07) is 4.67. The Kier molecular flexibility index (Phi) is 1.95. The van der Waals surface area contributed by atoms with E-state index in [-0.39, 0.29) is 0 Å². The Balaban J connectivity index is 2.17. The third-order valence-electron chi connectivity index (χ3n) is 3.07. The van der Waals surface area contributed by atoms with E-state index in [0.717, 1.165) is 18.0 Å². The Morgan fingerprint density at radius 3 is 3.20 bits per heavy atom. The molecule has 2 aromatic rings. The molecule has 0 aliphatic carbocycles. The van der Waals surface area contributed by atoms with E-state index < -0.39 is 0 Å². The lowest BCUT2D eigenvalue weighted by atomic mass is 10.1. The van der Waals surface area contributed by atoms with Gasteiger partial charge in [-0.15, -0.1) is 10.2 Å². The van der Waals surface area contributed by atoms with Crippen LogP contribution < -0.4 is 5.32 Å². The van der Waals surface area contributed by atoms with Crippen molar-refractivity contribution in [1.29, 1.82) is 0 Å². The number of rotatable bonds is 1. The third kappa shape index (κ3) is 1.33. The van der Waals surface area contributed by atoms with Gasteiger partial charge in [0.05, 0.1) is 0 Å². The molecule has 78 valence electrons. The minimum Gasteiger partial charge on any atom is -0.310 e. The van der Waals surface area contributed by atoms with Gasteiger partial charge >= 0.3 is 0 Å². The van der Waals surface area contributed by atoms with E-state index in [9.17, 15) is 0 Å². The molecule has 0 saturated carbocycles. The SMILES string of the molecule is Cc1nnc2c(C3CCCN3)cccn12. The highest BCUT2D eigenvalue weighted by Gasteiger charge is 2.19. The minimum absolute atomic E-state index is 0.456. The normalized spacial score (nSPS) is 21.3. The lowest BCUT2D eigenvalue weighted by Crippen LogP contribution is -2.13. The molecule has 3 rings (SSSR count). The first kappa shape index (κ1) is 8.85. The standard InChI is InChI=1S/C11H14N4/c1-8-13-14-11-9(4-3-7-15(8)11)10-5-2-6-12-10/h3-4,7,10,12H,2,5-6H2,1H3. The lowest BCUT2D eigenvalue weighted by Gasteiger charge is -2.10. The molecule has 1 aliphatic rings. The Hall–Kier alpha value is -1.42. The summed E-state index contributed by atoms with van der Waals surface area (Å²) in [7, 11) is 0. The number of hydrogen-bond acceptors (Lipinski definition) is 3. The number of aryl methyl sites for hydroxylation is 1. The highest BCUT2D eigenvalue weighted by atomic mass is 15.2. The zero-order chi connectivity index (χ0) is 10.3. The number of nitrogens with one attached hydrogen (secondary N) is 1. The van der Waals surface area contributed by atoms with Crippen molar-refractivity contribution in [2.45, 2.75) is 25.8 Å². The zero-order valence-corrected chi connectivity index (χ0v) is 8.77. The van der Waals surface area contributed by atoms with E-state index in [0.29, 0.717) is 6.04 Å². The van der Waals surface area contributed by atoms with Gasteiger partial charge in [-0.05, 0) is 32.4 Å². The van der Waals surface area contributed by atoms with Crippen molar-refractivity contribution < 1.29 is 0 Å². The van der Waals surface area contributed by atoms with E-state index in [2.05, 4.69) is 32.0 Å². The van der Waals surface area contributed by atoms with Crippen LogP contribution in [0.25, 0.3) is 5.65 Å². The van der Waals surface area contributed by atoms with Crippen molar-refractivity contribution in [1.82, 2.24) is 19.9 Å². The fourth-order valence-corrected chi connectivity index (χ4v) is 2.27. The molecule has 1 aliphatic heterocycles. The molecule has 1 saturated heterocycles. The molecule has 15 heavy (non-hydrogen) atoms. The molecule has 0 spiro atoms. The highest BCUT2D eigenvalue weighted by molar-refractivity contribution is 5.49. The molecule has 4 heteroatoms. The molecule has 3 heterocycles. The summed E-state index contributed by atoms with van der Waals surface area (Å²) in [6.45, 7) is 3.09. The van der Waals surface area contributed by atoms with Crippen molar-refractivity contribution in [3.63, 3.8) is 0 Å². The van der Waals surface area contributed by atoms with Crippen molar-refractivity contribution >= 4 is 5.65 Å². The van der Waals surface area contributed by atoms with Gasteiger partial charge in [-0.25, -0.2) is 0 Å². The maximum absolute atomic E-state index is 4.24. The van der Waals surface area contributed by atoms with E-state index in [1.165, 1.54) is 18.4 Å². The molecule has 0 bridgehead atoms. The summed E-state index contributed by atoms with van der Waals surface area (Å²) in [5.41, 5.74) is 2.27. The van der Waals surface area contributed by atoms with Crippen LogP contribution in [0.3, 0.4) is 0 Å². The molecule has 1 fully saturated rings. The summed E-state index contributed by atoms with van der Waals surface area (Å²) >= 11 is 0. The van der Waals surface area contributed by atoms with Gasteiger partial charge in [0.1, 0.15) is 5.82 Å². The molecule has 1 atom stereocenters. The Labute approximate surface area is 88.3 Å². The lowest BCUT2D eigenvalue weighted by molar-refractivity contribution is 0.648. The quantitative estimate of drug-likeness (QED) is 0.761. The van der Waals surface area contributed by atoms with Crippen LogP contribution in [-0.4, -0.2) is 21.1 Å². The number of pyridine rings is 1. The molecule has 0 radical (unpaired) electrons. The van der Waals surface area contributed by atoms with Crippen molar-refractivity contribution in [2.75, 3.05) is 6.54 Å². The van der Waals surface area contributed by atoms with Gasteiger partial charge in [0.15, 0.2) is 5.65 Å². The number of aromatic nitrogens is 3. The summed E-state index contributed by atoms with van der Waals surface area (Å²) in [4.78, 5) is 0. The fourth-order valence-electron chi connectivity index (χ4n) is 2.27. The maximum atomic E-state index is 4.24. The van der Waals surface area contributed by atoms with Gasteiger partial charge in [0.25, 0.3) is 0 Å². The maximum Gasteiger partial charge on any atom is 0.165 e. The third-order valence-corrected chi connectivity index (χ3v) is 3.07. The number of nitrogens with zero attached hydrogens (tertiary/aromatic N) is 3. The Morgan fingerprint density at radius 1 is 1.47 bits per heavy atom. The van der Waals surface area contributed by atoms with Gasteiger partial charge in [0.2, 0.25) is 0 Å². The van der Waals surface area contributed by atoms with Gasteiger partial charge in [-0.2, -0.15) is 0 Å². The predicted molar refractivity (Wildman–Crippen MR) is 57.7 cm³/mol. The van der Waals surface area contributed by atoms with Crippen molar-refractivity contribution in [3.8, 4) is 0 Å². The molecule has 0 amide bonds. The van der Waals surface area contributed by atoms with E-state index in [1.54, 1.807) is 0 Å². The Bertz CT molecular complexity index is 482.